The summed E-state index contributed by atoms with van der Waals surface area (Å²) in [5.74, 6) is 0. The highest BCUT2D eigenvalue weighted by atomic mass is 31.2. The zero-order valence-corrected chi connectivity index (χ0v) is 15.1. The first-order valence-electron chi connectivity index (χ1n) is 8.54. The molecule has 0 spiro atoms. The van der Waals surface area contributed by atoms with E-state index in [9.17, 15) is 0 Å². The van der Waals surface area contributed by atoms with E-state index in [2.05, 4.69) is 110 Å². The van der Waals surface area contributed by atoms with Crippen LogP contribution in [0.25, 0.3) is 0 Å². The second-order valence-corrected chi connectivity index (χ2v) is 9.51. The zero-order chi connectivity index (χ0) is 16.7. The summed E-state index contributed by atoms with van der Waals surface area (Å²) in [6.07, 6.45) is 6.72. The van der Waals surface area contributed by atoms with Crippen LogP contribution < -0.4 is 15.9 Å². The van der Waals surface area contributed by atoms with E-state index >= 15 is 0 Å². The van der Waals surface area contributed by atoms with E-state index < -0.39 is 7.26 Å². The van der Waals surface area contributed by atoms with Gasteiger partial charge < -0.3 is 0 Å². The van der Waals surface area contributed by atoms with E-state index in [0.29, 0.717) is 0 Å². The molecule has 120 valence electrons. The largest absolute Gasteiger partial charge is 0.112 e. The third-order valence-electron chi connectivity index (χ3n) is 4.46. The Morgan fingerprint density at radius 3 is 1.33 bits per heavy atom. The molecule has 0 saturated carbocycles. The van der Waals surface area contributed by atoms with Gasteiger partial charge in [0, 0.05) is 6.42 Å². The van der Waals surface area contributed by atoms with Gasteiger partial charge >= 0.3 is 0 Å². The van der Waals surface area contributed by atoms with Gasteiger partial charge in [-0.2, -0.15) is 0 Å². The third-order valence-corrected chi connectivity index (χ3v) is 8.93. The monoisotopic (exact) mass is 331 g/mol. The molecule has 1 heteroatoms. The molecule has 3 aromatic rings. The fraction of sp³-hybridized carbons (Fsp3) is 0.130. The molecule has 0 saturated heterocycles. The lowest BCUT2D eigenvalue weighted by Gasteiger charge is -2.27. The van der Waals surface area contributed by atoms with Crippen LogP contribution in [0.3, 0.4) is 0 Å². The van der Waals surface area contributed by atoms with Crippen LogP contribution in [-0.4, -0.2) is 6.16 Å². The second-order valence-electron chi connectivity index (χ2n) is 5.90. The van der Waals surface area contributed by atoms with Crippen molar-refractivity contribution in [1.29, 1.82) is 0 Å². The van der Waals surface area contributed by atoms with E-state index in [-0.39, 0.29) is 0 Å². The molecule has 0 nitrogen and oxygen atoms in total. The maximum Gasteiger partial charge on any atom is 0.112 e. The maximum atomic E-state index is 2.31. The summed E-state index contributed by atoms with van der Waals surface area (Å²) >= 11 is 0. The lowest BCUT2D eigenvalue weighted by atomic mass is 10.3. The Kier molecular flexibility index (Phi) is 5.62. The summed E-state index contributed by atoms with van der Waals surface area (Å²) in [6.45, 7) is 2.10. The lowest BCUT2D eigenvalue weighted by molar-refractivity contribution is 1.22. The van der Waals surface area contributed by atoms with Crippen molar-refractivity contribution in [3.8, 4) is 0 Å². The average Bonchev–Trinajstić information content (AvgIpc) is 2.68. The minimum atomic E-state index is -1.63. The van der Waals surface area contributed by atoms with E-state index in [4.69, 9.17) is 0 Å². The van der Waals surface area contributed by atoms with Gasteiger partial charge in [-0.15, -0.1) is 0 Å². The molecule has 0 aliphatic carbocycles. The molecule has 0 radical (unpaired) electrons. The van der Waals surface area contributed by atoms with Crippen molar-refractivity contribution in [3.63, 3.8) is 0 Å². The molecule has 0 aromatic heterocycles. The van der Waals surface area contributed by atoms with Crippen LogP contribution in [0.15, 0.2) is 103 Å². The summed E-state index contributed by atoms with van der Waals surface area (Å²) < 4.78 is 0. The highest BCUT2D eigenvalue weighted by Gasteiger charge is 2.44. The molecule has 0 aliphatic rings. The highest BCUT2D eigenvalue weighted by molar-refractivity contribution is 7.95. The van der Waals surface area contributed by atoms with Crippen LogP contribution in [0.4, 0.5) is 0 Å². The molecule has 3 aromatic carbocycles. The molecule has 0 amide bonds. The summed E-state index contributed by atoms with van der Waals surface area (Å²) in [5, 5.41) is 4.39. The first kappa shape index (κ1) is 16.7. The molecule has 0 bridgehead atoms. The molecule has 0 heterocycles. The van der Waals surface area contributed by atoms with Crippen molar-refractivity contribution in [2.75, 3.05) is 6.16 Å². The fourth-order valence-electron chi connectivity index (χ4n) is 3.32. The number of hydrogen-bond donors (Lipinski definition) is 0. The average molecular weight is 331 g/mol. The Balaban J connectivity index is 2.24. The van der Waals surface area contributed by atoms with E-state index in [1.807, 2.05) is 0 Å². The molecule has 0 N–H and O–H groups in total. The van der Waals surface area contributed by atoms with Gasteiger partial charge in [-0.05, 0) is 43.3 Å². The van der Waals surface area contributed by atoms with Gasteiger partial charge in [0.25, 0.3) is 0 Å². The summed E-state index contributed by atoms with van der Waals surface area (Å²) in [4.78, 5) is 0. The Labute approximate surface area is 146 Å². The topological polar surface area (TPSA) is 0 Å². The van der Waals surface area contributed by atoms with Gasteiger partial charge in [-0.3, -0.25) is 0 Å². The van der Waals surface area contributed by atoms with Crippen molar-refractivity contribution in [2.24, 2.45) is 0 Å². The Hall–Kier alpha value is -2.17. The molecular formula is C23H24P+. The molecule has 0 unspecified atom stereocenters. The van der Waals surface area contributed by atoms with Crippen LogP contribution in [0.2, 0.25) is 0 Å². The first-order chi connectivity index (χ1) is 11.9. The number of benzene rings is 3. The molecule has 24 heavy (non-hydrogen) atoms. The fourth-order valence-corrected chi connectivity index (χ4v) is 7.57. The van der Waals surface area contributed by atoms with Crippen molar-refractivity contribution < 1.29 is 0 Å². The zero-order valence-electron chi connectivity index (χ0n) is 14.2. The molecule has 3 rings (SSSR count). The van der Waals surface area contributed by atoms with Gasteiger partial charge in [0.05, 0.1) is 6.16 Å². The highest BCUT2D eigenvalue weighted by Crippen LogP contribution is 2.55. The van der Waals surface area contributed by atoms with Crippen molar-refractivity contribution in [3.05, 3.63) is 103 Å². The molecule has 0 atom stereocenters. The quantitative estimate of drug-likeness (QED) is 0.443. The summed E-state index contributed by atoms with van der Waals surface area (Å²) in [7, 11) is -1.63. The number of hydrogen-bond acceptors (Lipinski definition) is 0. The van der Waals surface area contributed by atoms with Gasteiger partial charge in [0.1, 0.15) is 23.2 Å². The van der Waals surface area contributed by atoms with Crippen LogP contribution in [0.1, 0.15) is 13.3 Å². The minimum absolute atomic E-state index is 1.10. The molecule has 0 fully saturated rings. The lowest BCUT2D eigenvalue weighted by Crippen LogP contribution is -2.33. The standard InChI is InChI=1S/C23H24P/c1-2-3-13-20-24(21-14-7-4-8-15-21,22-16-9-5-10-17-22)23-18-11-6-12-19-23/h2-12,14-19H,13,20H2,1H3/q+1/b3-2+. The third kappa shape index (κ3) is 3.35. The molecular weight excluding hydrogens is 307 g/mol. The summed E-state index contributed by atoms with van der Waals surface area (Å²) in [5.41, 5.74) is 0. The van der Waals surface area contributed by atoms with E-state index in [0.717, 1.165) is 12.6 Å². The Morgan fingerprint density at radius 2 is 1.00 bits per heavy atom. The van der Waals surface area contributed by atoms with Gasteiger partial charge in [0.2, 0.25) is 0 Å². The predicted molar refractivity (Wildman–Crippen MR) is 109 cm³/mol. The normalized spacial score (nSPS) is 11.7. The Bertz CT molecular complexity index is 664. The predicted octanol–water partition coefficient (Wildman–Crippen LogP) is 4.95. The van der Waals surface area contributed by atoms with Gasteiger partial charge in [-0.1, -0.05) is 66.7 Å². The smallest absolute Gasteiger partial charge is 0.0915 e. The Morgan fingerprint density at radius 1 is 0.625 bits per heavy atom. The van der Waals surface area contributed by atoms with Crippen LogP contribution >= 0.6 is 7.26 Å². The van der Waals surface area contributed by atoms with Crippen molar-refractivity contribution >= 4 is 23.2 Å². The van der Waals surface area contributed by atoms with Gasteiger partial charge in [0.15, 0.2) is 0 Å². The maximum absolute atomic E-state index is 2.31. The minimum Gasteiger partial charge on any atom is -0.0915 e. The SMILES string of the molecule is C/C=C/CC[P+](c1ccccc1)(c1ccccc1)c1ccccc1. The second kappa shape index (κ2) is 8.08. The van der Waals surface area contributed by atoms with Crippen molar-refractivity contribution in [1.82, 2.24) is 0 Å². The summed E-state index contributed by atoms with van der Waals surface area (Å²) in [6, 6.07) is 33.2. The van der Waals surface area contributed by atoms with Gasteiger partial charge in [-0.25, -0.2) is 0 Å². The number of rotatable bonds is 6. The number of allylic oxidation sites excluding steroid dienone is 2. The first-order valence-corrected chi connectivity index (χ1v) is 10.5. The van der Waals surface area contributed by atoms with Crippen molar-refractivity contribution in [2.45, 2.75) is 13.3 Å². The van der Waals surface area contributed by atoms with Crippen LogP contribution in [0.5, 0.6) is 0 Å². The van der Waals surface area contributed by atoms with Crippen LogP contribution in [0, 0.1) is 0 Å². The van der Waals surface area contributed by atoms with E-state index in [1.54, 1.807) is 0 Å². The molecule has 0 aliphatic heterocycles. The van der Waals surface area contributed by atoms with E-state index in [1.165, 1.54) is 15.9 Å². The van der Waals surface area contributed by atoms with Crippen LogP contribution in [-0.2, 0) is 0 Å².